The number of urea groups is 1. The van der Waals surface area contributed by atoms with Gasteiger partial charge in [0.25, 0.3) is 0 Å². The van der Waals surface area contributed by atoms with Crippen molar-refractivity contribution in [3.63, 3.8) is 0 Å². The van der Waals surface area contributed by atoms with Gasteiger partial charge >= 0.3 is 12.0 Å². The summed E-state index contributed by atoms with van der Waals surface area (Å²) in [6.07, 6.45) is 3.29. The lowest BCUT2D eigenvalue weighted by atomic mass is 9.82. The van der Waals surface area contributed by atoms with E-state index in [1.54, 1.807) is 0 Å². The zero-order valence-corrected chi connectivity index (χ0v) is 12.5. The summed E-state index contributed by atoms with van der Waals surface area (Å²) in [6.45, 7) is 3.30. The summed E-state index contributed by atoms with van der Waals surface area (Å²) >= 11 is 0. The lowest BCUT2D eigenvalue weighted by Gasteiger charge is -2.26. The molecule has 0 aromatic rings. The van der Waals surface area contributed by atoms with Gasteiger partial charge in [-0.3, -0.25) is 9.59 Å². The highest BCUT2D eigenvalue weighted by Crippen LogP contribution is 2.28. The van der Waals surface area contributed by atoms with Crippen molar-refractivity contribution >= 4 is 17.9 Å². The Balaban J connectivity index is 2.08. The fraction of sp³-hybridized carbons (Fsp3) is 0.786. The van der Waals surface area contributed by atoms with Crippen molar-refractivity contribution in [2.75, 3.05) is 19.6 Å². The second-order valence-corrected chi connectivity index (χ2v) is 5.40. The first kappa shape index (κ1) is 17.3. The number of amides is 3. The smallest absolute Gasteiger partial charge is 0.314 e. The standard InChI is InChI=1S/C14H25N3O4/c1-2-15-12(18)7-8-16-14(21)17-9-10-3-5-11(6-4-10)13(19)20/h10-11H,2-9H2,1H3,(H,15,18)(H,19,20)(H2,16,17,21). The van der Waals surface area contributed by atoms with Crippen LogP contribution in [-0.4, -0.2) is 42.6 Å². The first-order chi connectivity index (χ1) is 10.0. The highest BCUT2D eigenvalue weighted by Gasteiger charge is 2.25. The molecule has 0 atom stereocenters. The minimum atomic E-state index is -0.718. The average molecular weight is 299 g/mol. The number of carboxylic acids is 1. The van der Waals surface area contributed by atoms with Crippen molar-refractivity contribution < 1.29 is 19.5 Å². The number of carboxylic acid groups (broad SMARTS) is 1. The molecule has 1 aliphatic carbocycles. The topological polar surface area (TPSA) is 108 Å². The van der Waals surface area contributed by atoms with Gasteiger partial charge in [-0.1, -0.05) is 0 Å². The van der Waals surface area contributed by atoms with E-state index in [4.69, 9.17) is 5.11 Å². The second kappa shape index (κ2) is 9.20. The van der Waals surface area contributed by atoms with Crippen LogP contribution >= 0.6 is 0 Å². The Hall–Kier alpha value is -1.79. The van der Waals surface area contributed by atoms with Crippen molar-refractivity contribution in [3.8, 4) is 0 Å². The second-order valence-electron chi connectivity index (χ2n) is 5.40. The number of hydrogen-bond acceptors (Lipinski definition) is 3. The van der Waals surface area contributed by atoms with Crippen LogP contribution in [0.25, 0.3) is 0 Å². The normalized spacial score (nSPS) is 21.4. The maximum atomic E-state index is 11.5. The quantitative estimate of drug-likeness (QED) is 0.555. The number of carbonyl (C=O) groups excluding carboxylic acids is 2. The molecular weight excluding hydrogens is 274 g/mol. The van der Waals surface area contributed by atoms with Gasteiger partial charge in [-0.05, 0) is 38.5 Å². The molecule has 0 unspecified atom stereocenters. The Morgan fingerprint density at radius 3 is 2.29 bits per heavy atom. The van der Waals surface area contributed by atoms with E-state index in [0.29, 0.717) is 38.4 Å². The number of hydrogen-bond donors (Lipinski definition) is 4. The molecule has 0 bridgehead atoms. The monoisotopic (exact) mass is 299 g/mol. The van der Waals surface area contributed by atoms with Gasteiger partial charge in [-0.25, -0.2) is 4.79 Å². The van der Waals surface area contributed by atoms with E-state index in [1.165, 1.54) is 0 Å². The molecule has 1 aliphatic rings. The zero-order chi connectivity index (χ0) is 15.7. The highest BCUT2D eigenvalue weighted by molar-refractivity contribution is 5.78. The summed E-state index contributed by atoms with van der Waals surface area (Å²) in [4.78, 5) is 33.6. The van der Waals surface area contributed by atoms with Gasteiger partial charge in [0, 0.05) is 26.1 Å². The van der Waals surface area contributed by atoms with Gasteiger partial charge in [0.15, 0.2) is 0 Å². The van der Waals surface area contributed by atoms with Gasteiger partial charge in [-0.2, -0.15) is 0 Å². The van der Waals surface area contributed by atoms with Crippen LogP contribution in [-0.2, 0) is 9.59 Å². The first-order valence-corrected chi connectivity index (χ1v) is 7.54. The number of nitrogens with one attached hydrogen (secondary N) is 3. The predicted octanol–water partition coefficient (Wildman–Crippen LogP) is 0.703. The third kappa shape index (κ3) is 6.97. The van der Waals surface area contributed by atoms with E-state index in [-0.39, 0.29) is 24.3 Å². The Kier molecular flexibility index (Phi) is 7.56. The van der Waals surface area contributed by atoms with Crippen LogP contribution in [0.1, 0.15) is 39.0 Å². The van der Waals surface area contributed by atoms with Gasteiger partial charge in [0.1, 0.15) is 0 Å². The van der Waals surface area contributed by atoms with E-state index < -0.39 is 5.97 Å². The van der Waals surface area contributed by atoms with Crippen LogP contribution in [0.3, 0.4) is 0 Å². The summed E-state index contributed by atoms with van der Waals surface area (Å²) in [7, 11) is 0. The Labute approximate surface area is 124 Å². The summed E-state index contributed by atoms with van der Waals surface area (Å²) in [5.41, 5.74) is 0. The molecule has 1 fully saturated rings. The van der Waals surface area contributed by atoms with Crippen LogP contribution in [0.15, 0.2) is 0 Å². The lowest BCUT2D eigenvalue weighted by Crippen LogP contribution is -2.40. The summed E-state index contributed by atoms with van der Waals surface area (Å²) in [5.74, 6) is -0.684. The summed E-state index contributed by atoms with van der Waals surface area (Å²) in [5, 5.41) is 17.0. The third-order valence-corrected chi connectivity index (χ3v) is 3.76. The fourth-order valence-corrected chi connectivity index (χ4v) is 2.49. The summed E-state index contributed by atoms with van der Waals surface area (Å²) in [6, 6.07) is -0.278. The van der Waals surface area contributed by atoms with Crippen molar-refractivity contribution in [2.24, 2.45) is 11.8 Å². The van der Waals surface area contributed by atoms with Crippen LogP contribution in [0.2, 0.25) is 0 Å². The SMILES string of the molecule is CCNC(=O)CCNC(=O)NCC1CCC(C(=O)O)CC1. The highest BCUT2D eigenvalue weighted by atomic mass is 16.4. The zero-order valence-electron chi connectivity index (χ0n) is 12.5. The predicted molar refractivity (Wildman–Crippen MR) is 77.8 cm³/mol. The largest absolute Gasteiger partial charge is 0.481 e. The molecule has 4 N–H and O–H groups in total. The van der Waals surface area contributed by atoms with Crippen molar-refractivity contribution in [2.45, 2.75) is 39.0 Å². The number of aliphatic carboxylic acids is 1. The molecule has 7 heteroatoms. The molecule has 0 aromatic heterocycles. The minimum Gasteiger partial charge on any atom is -0.481 e. The molecule has 7 nitrogen and oxygen atoms in total. The molecule has 0 radical (unpaired) electrons. The summed E-state index contributed by atoms with van der Waals surface area (Å²) < 4.78 is 0. The van der Waals surface area contributed by atoms with E-state index in [9.17, 15) is 14.4 Å². The van der Waals surface area contributed by atoms with Crippen LogP contribution < -0.4 is 16.0 Å². The molecule has 0 aliphatic heterocycles. The number of carbonyl (C=O) groups is 3. The van der Waals surface area contributed by atoms with E-state index in [2.05, 4.69) is 16.0 Å². The Bertz CT molecular complexity index is 365. The Morgan fingerprint density at radius 1 is 1.05 bits per heavy atom. The van der Waals surface area contributed by atoms with Crippen molar-refractivity contribution in [1.29, 1.82) is 0 Å². The van der Waals surface area contributed by atoms with E-state index in [1.807, 2.05) is 6.92 Å². The molecular formula is C14H25N3O4. The molecule has 1 rings (SSSR count). The van der Waals surface area contributed by atoms with Gasteiger partial charge < -0.3 is 21.1 Å². The van der Waals surface area contributed by atoms with Gasteiger partial charge in [-0.15, -0.1) is 0 Å². The van der Waals surface area contributed by atoms with Crippen molar-refractivity contribution in [3.05, 3.63) is 0 Å². The Morgan fingerprint density at radius 2 is 1.71 bits per heavy atom. The fourth-order valence-electron chi connectivity index (χ4n) is 2.49. The molecule has 120 valence electrons. The van der Waals surface area contributed by atoms with Gasteiger partial charge in [0.2, 0.25) is 5.91 Å². The third-order valence-electron chi connectivity index (χ3n) is 3.76. The van der Waals surface area contributed by atoms with Gasteiger partial charge in [0.05, 0.1) is 5.92 Å². The maximum absolute atomic E-state index is 11.5. The van der Waals surface area contributed by atoms with E-state index >= 15 is 0 Å². The average Bonchev–Trinajstić information content (AvgIpc) is 2.46. The first-order valence-electron chi connectivity index (χ1n) is 7.54. The molecule has 0 saturated heterocycles. The van der Waals surface area contributed by atoms with Crippen LogP contribution in [0, 0.1) is 11.8 Å². The molecule has 1 saturated carbocycles. The van der Waals surface area contributed by atoms with Crippen molar-refractivity contribution in [1.82, 2.24) is 16.0 Å². The molecule has 0 aromatic carbocycles. The van der Waals surface area contributed by atoms with Crippen LogP contribution in [0.5, 0.6) is 0 Å². The molecule has 0 heterocycles. The molecule has 0 spiro atoms. The minimum absolute atomic E-state index is 0.0789. The molecule has 3 amide bonds. The van der Waals surface area contributed by atoms with Crippen LogP contribution in [0.4, 0.5) is 4.79 Å². The maximum Gasteiger partial charge on any atom is 0.314 e. The van der Waals surface area contributed by atoms with E-state index in [0.717, 1.165) is 12.8 Å². The molecule has 21 heavy (non-hydrogen) atoms. The lowest BCUT2D eigenvalue weighted by molar-refractivity contribution is -0.143. The number of rotatable bonds is 7.